The van der Waals surface area contributed by atoms with Crippen molar-refractivity contribution < 1.29 is 19.4 Å². The number of amides is 1. The van der Waals surface area contributed by atoms with Crippen molar-refractivity contribution in [3.8, 4) is 0 Å². The molecule has 2 rings (SSSR count). The zero-order chi connectivity index (χ0) is 14.4. The molecule has 1 heterocycles. The first-order chi connectivity index (χ1) is 9.66. The molecule has 0 saturated carbocycles. The first-order valence-corrected chi connectivity index (χ1v) is 6.85. The van der Waals surface area contributed by atoms with E-state index in [-0.39, 0.29) is 18.2 Å². The molecule has 5 heteroatoms. The maximum absolute atomic E-state index is 12.2. The lowest BCUT2D eigenvalue weighted by atomic mass is 10.0. The van der Waals surface area contributed by atoms with Crippen LogP contribution in [0.2, 0.25) is 0 Å². The fourth-order valence-corrected chi connectivity index (χ4v) is 2.28. The molecule has 1 aliphatic heterocycles. The standard InChI is InChI=1S/C15H19NO4/c17-14(18)8-7-11-4-1-2-6-13(11)16-15(19)12-5-3-9-20-10-12/h1-2,4,6,12H,3,5,7-10H2,(H,16,19)(H,17,18). The van der Waals surface area contributed by atoms with E-state index in [0.29, 0.717) is 18.7 Å². The Labute approximate surface area is 117 Å². The highest BCUT2D eigenvalue weighted by Gasteiger charge is 2.22. The molecule has 20 heavy (non-hydrogen) atoms. The molecule has 0 aromatic heterocycles. The Bertz CT molecular complexity index is 481. The highest BCUT2D eigenvalue weighted by atomic mass is 16.5. The normalized spacial score (nSPS) is 18.5. The lowest BCUT2D eigenvalue weighted by Crippen LogP contribution is -2.30. The van der Waals surface area contributed by atoms with Crippen molar-refractivity contribution in [3.05, 3.63) is 29.8 Å². The Morgan fingerprint density at radius 3 is 2.85 bits per heavy atom. The van der Waals surface area contributed by atoms with Gasteiger partial charge in [-0.05, 0) is 30.9 Å². The SMILES string of the molecule is O=C(O)CCc1ccccc1NC(=O)C1CCCOC1. The maximum atomic E-state index is 12.2. The van der Waals surface area contributed by atoms with E-state index in [1.54, 1.807) is 6.07 Å². The zero-order valence-electron chi connectivity index (χ0n) is 11.3. The first kappa shape index (κ1) is 14.5. The van der Waals surface area contributed by atoms with Crippen LogP contribution >= 0.6 is 0 Å². The lowest BCUT2D eigenvalue weighted by Gasteiger charge is -2.22. The summed E-state index contributed by atoms with van der Waals surface area (Å²) < 4.78 is 5.31. The van der Waals surface area contributed by atoms with Crippen LogP contribution < -0.4 is 5.32 Å². The quantitative estimate of drug-likeness (QED) is 0.864. The molecule has 0 radical (unpaired) electrons. The van der Waals surface area contributed by atoms with Crippen molar-refractivity contribution in [2.75, 3.05) is 18.5 Å². The second-order valence-corrected chi connectivity index (χ2v) is 4.95. The fourth-order valence-electron chi connectivity index (χ4n) is 2.28. The molecule has 1 fully saturated rings. The summed E-state index contributed by atoms with van der Waals surface area (Å²) in [6.45, 7) is 1.18. The van der Waals surface area contributed by atoms with Crippen molar-refractivity contribution >= 4 is 17.6 Å². The predicted octanol–water partition coefficient (Wildman–Crippen LogP) is 2.07. The third-order valence-corrected chi connectivity index (χ3v) is 3.41. The van der Waals surface area contributed by atoms with Gasteiger partial charge in [0.05, 0.1) is 12.5 Å². The molecular weight excluding hydrogens is 258 g/mol. The van der Waals surface area contributed by atoms with E-state index >= 15 is 0 Å². The van der Waals surface area contributed by atoms with Crippen LogP contribution in [0.1, 0.15) is 24.8 Å². The predicted molar refractivity (Wildman–Crippen MR) is 74.6 cm³/mol. The van der Waals surface area contributed by atoms with Crippen molar-refractivity contribution in [2.24, 2.45) is 5.92 Å². The molecular formula is C15H19NO4. The van der Waals surface area contributed by atoms with Gasteiger partial charge >= 0.3 is 5.97 Å². The second-order valence-electron chi connectivity index (χ2n) is 4.95. The maximum Gasteiger partial charge on any atom is 0.303 e. The number of carboxylic acids is 1. The number of hydrogen-bond acceptors (Lipinski definition) is 3. The Morgan fingerprint density at radius 2 is 2.15 bits per heavy atom. The Kier molecular flexibility index (Phi) is 5.12. The van der Waals surface area contributed by atoms with Crippen LogP contribution in [0.5, 0.6) is 0 Å². The van der Waals surface area contributed by atoms with Crippen LogP contribution in [0.4, 0.5) is 5.69 Å². The first-order valence-electron chi connectivity index (χ1n) is 6.85. The molecule has 0 spiro atoms. The Balaban J connectivity index is 2.00. The number of aryl methyl sites for hydroxylation is 1. The van der Waals surface area contributed by atoms with Gasteiger partial charge < -0.3 is 15.2 Å². The van der Waals surface area contributed by atoms with E-state index < -0.39 is 5.97 Å². The summed E-state index contributed by atoms with van der Waals surface area (Å²) in [7, 11) is 0. The topological polar surface area (TPSA) is 75.6 Å². The third-order valence-electron chi connectivity index (χ3n) is 3.41. The number of ether oxygens (including phenoxy) is 1. The van der Waals surface area contributed by atoms with Crippen molar-refractivity contribution in [3.63, 3.8) is 0 Å². The largest absolute Gasteiger partial charge is 0.481 e. The Hall–Kier alpha value is -1.88. The number of nitrogens with one attached hydrogen (secondary N) is 1. The fraction of sp³-hybridized carbons (Fsp3) is 0.467. The number of para-hydroxylation sites is 1. The molecule has 1 aliphatic rings. The van der Waals surface area contributed by atoms with Gasteiger partial charge in [-0.2, -0.15) is 0 Å². The smallest absolute Gasteiger partial charge is 0.303 e. The number of carbonyl (C=O) groups is 2. The van der Waals surface area contributed by atoms with Gasteiger partial charge in [-0.25, -0.2) is 0 Å². The van der Waals surface area contributed by atoms with E-state index in [9.17, 15) is 9.59 Å². The molecule has 1 aromatic carbocycles. The van der Waals surface area contributed by atoms with Crippen LogP contribution in [0.3, 0.4) is 0 Å². The number of benzene rings is 1. The number of aliphatic carboxylic acids is 1. The van der Waals surface area contributed by atoms with Gasteiger partial charge in [0.25, 0.3) is 0 Å². The van der Waals surface area contributed by atoms with Gasteiger partial charge in [-0.3, -0.25) is 9.59 Å². The van der Waals surface area contributed by atoms with E-state index in [4.69, 9.17) is 9.84 Å². The van der Waals surface area contributed by atoms with E-state index in [2.05, 4.69) is 5.32 Å². The van der Waals surface area contributed by atoms with Gasteiger partial charge in [-0.15, -0.1) is 0 Å². The van der Waals surface area contributed by atoms with E-state index in [1.807, 2.05) is 18.2 Å². The van der Waals surface area contributed by atoms with Crippen molar-refractivity contribution in [1.82, 2.24) is 0 Å². The van der Waals surface area contributed by atoms with Crippen LogP contribution in [0.25, 0.3) is 0 Å². The molecule has 1 amide bonds. The number of anilines is 1. The molecule has 1 aromatic rings. The second kappa shape index (κ2) is 7.05. The van der Waals surface area contributed by atoms with Crippen LogP contribution in [0, 0.1) is 5.92 Å². The summed E-state index contributed by atoms with van der Waals surface area (Å²) in [6, 6.07) is 7.32. The summed E-state index contributed by atoms with van der Waals surface area (Å²) in [5.41, 5.74) is 1.55. The number of carbonyl (C=O) groups excluding carboxylic acids is 1. The van der Waals surface area contributed by atoms with Crippen molar-refractivity contribution in [1.29, 1.82) is 0 Å². The molecule has 1 atom stereocenters. The number of rotatable bonds is 5. The molecule has 2 N–H and O–H groups in total. The van der Waals surface area contributed by atoms with Crippen LogP contribution in [-0.2, 0) is 20.7 Å². The van der Waals surface area contributed by atoms with Crippen molar-refractivity contribution in [2.45, 2.75) is 25.7 Å². The minimum absolute atomic E-state index is 0.0486. The molecule has 108 valence electrons. The average molecular weight is 277 g/mol. The minimum atomic E-state index is -0.841. The average Bonchev–Trinajstić information content (AvgIpc) is 2.47. The monoisotopic (exact) mass is 277 g/mol. The molecule has 1 saturated heterocycles. The molecule has 5 nitrogen and oxygen atoms in total. The van der Waals surface area contributed by atoms with Crippen LogP contribution in [-0.4, -0.2) is 30.2 Å². The zero-order valence-corrected chi connectivity index (χ0v) is 11.3. The van der Waals surface area contributed by atoms with Crippen LogP contribution in [0.15, 0.2) is 24.3 Å². The number of hydrogen-bond donors (Lipinski definition) is 2. The molecule has 0 aliphatic carbocycles. The minimum Gasteiger partial charge on any atom is -0.481 e. The summed E-state index contributed by atoms with van der Waals surface area (Å²) in [4.78, 5) is 22.8. The van der Waals surface area contributed by atoms with Gasteiger partial charge in [0.2, 0.25) is 5.91 Å². The lowest BCUT2D eigenvalue weighted by molar-refractivity contribution is -0.137. The summed E-state index contributed by atoms with van der Waals surface area (Å²) >= 11 is 0. The van der Waals surface area contributed by atoms with E-state index in [1.165, 1.54) is 0 Å². The summed E-state index contributed by atoms with van der Waals surface area (Å²) in [5, 5.41) is 11.6. The molecule has 1 unspecified atom stereocenters. The summed E-state index contributed by atoms with van der Waals surface area (Å²) in [5.74, 6) is -1.00. The highest BCUT2D eigenvalue weighted by molar-refractivity contribution is 5.93. The highest BCUT2D eigenvalue weighted by Crippen LogP contribution is 2.20. The van der Waals surface area contributed by atoms with Gasteiger partial charge in [0.15, 0.2) is 0 Å². The summed E-state index contributed by atoms with van der Waals surface area (Å²) in [6.07, 6.45) is 2.20. The van der Waals surface area contributed by atoms with E-state index in [0.717, 1.165) is 25.0 Å². The third kappa shape index (κ3) is 4.06. The van der Waals surface area contributed by atoms with Gasteiger partial charge in [-0.1, -0.05) is 18.2 Å². The number of carboxylic acid groups (broad SMARTS) is 1. The van der Waals surface area contributed by atoms with Gasteiger partial charge in [0.1, 0.15) is 0 Å². The molecule has 0 bridgehead atoms. The Morgan fingerprint density at radius 1 is 1.35 bits per heavy atom. The van der Waals surface area contributed by atoms with Gasteiger partial charge in [0, 0.05) is 18.7 Å².